The number of rotatable bonds is 3. The number of fused-ring (bicyclic) bond motifs is 2. The summed E-state index contributed by atoms with van der Waals surface area (Å²) in [7, 11) is 0. The van der Waals surface area contributed by atoms with Crippen molar-refractivity contribution in [2.24, 2.45) is 0 Å². The summed E-state index contributed by atoms with van der Waals surface area (Å²) >= 11 is 3.46. The average molecular weight is 390 g/mol. The van der Waals surface area contributed by atoms with E-state index in [2.05, 4.69) is 21.2 Å². The average Bonchev–Trinajstić information content (AvgIpc) is 3.03. The first-order valence-electron chi connectivity index (χ1n) is 7.82. The lowest BCUT2D eigenvalue weighted by Gasteiger charge is -2.20. The number of nitrogens with one attached hydrogen (secondary N) is 1. The SMILES string of the molecule is O=C(Cc1ccc2c(c1)CCO2)Nc1cc2c(cc1Br)OCCO2. The molecule has 0 atom stereocenters. The highest BCUT2D eigenvalue weighted by molar-refractivity contribution is 9.10. The largest absolute Gasteiger partial charge is 0.493 e. The fourth-order valence-electron chi connectivity index (χ4n) is 2.89. The van der Waals surface area contributed by atoms with Crippen LogP contribution in [0.25, 0.3) is 0 Å². The molecule has 2 aromatic rings. The summed E-state index contributed by atoms with van der Waals surface area (Å²) in [6.45, 7) is 1.77. The van der Waals surface area contributed by atoms with Crippen molar-refractivity contribution in [1.82, 2.24) is 0 Å². The number of benzene rings is 2. The predicted octanol–water partition coefficient (Wildman–Crippen LogP) is 3.34. The molecule has 24 heavy (non-hydrogen) atoms. The van der Waals surface area contributed by atoms with E-state index in [4.69, 9.17) is 14.2 Å². The molecule has 2 aromatic carbocycles. The van der Waals surface area contributed by atoms with E-state index in [0.29, 0.717) is 36.8 Å². The van der Waals surface area contributed by atoms with Crippen LogP contribution in [-0.4, -0.2) is 25.7 Å². The van der Waals surface area contributed by atoms with Gasteiger partial charge in [0, 0.05) is 23.0 Å². The maximum atomic E-state index is 12.4. The van der Waals surface area contributed by atoms with E-state index in [1.54, 1.807) is 6.07 Å². The normalized spacial score (nSPS) is 14.7. The molecule has 0 radical (unpaired) electrons. The molecule has 0 aromatic heterocycles. The lowest BCUT2D eigenvalue weighted by atomic mass is 10.1. The molecule has 1 amide bonds. The first-order chi connectivity index (χ1) is 11.7. The molecule has 5 nitrogen and oxygen atoms in total. The fraction of sp³-hybridized carbons (Fsp3) is 0.278. The molecule has 0 fully saturated rings. The lowest BCUT2D eigenvalue weighted by Crippen LogP contribution is -2.17. The molecule has 0 saturated heterocycles. The summed E-state index contributed by atoms with van der Waals surface area (Å²) in [5.41, 5.74) is 2.82. The van der Waals surface area contributed by atoms with Gasteiger partial charge in [-0.1, -0.05) is 12.1 Å². The third-order valence-electron chi connectivity index (χ3n) is 4.02. The van der Waals surface area contributed by atoms with Crippen LogP contribution in [0.3, 0.4) is 0 Å². The summed E-state index contributed by atoms with van der Waals surface area (Å²) in [5.74, 6) is 2.18. The van der Waals surface area contributed by atoms with Crippen LogP contribution in [0.2, 0.25) is 0 Å². The second-order valence-electron chi connectivity index (χ2n) is 5.74. The minimum absolute atomic E-state index is 0.0776. The number of carbonyl (C=O) groups is 1. The number of ether oxygens (including phenoxy) is 3. The standard InChI is InChI=1S/C18H16BrNO4/c19-13-9-16-17(24-6-5-23-16)10-14(13)20-18(21)8-11-1-2-15-12(7-11)3-4-22-15/h1-2,7,9-10H,3-6,8H2,(H,20,21). The number of hydrogen-bond donors (Lipinski definition) is 1. The van der Waals surface area contributed by atoms with Gasteiger partial charge in [-0.2, -0.15) is 0 Å². The Balaban J connectivity index is 1.48. The zero-order chi connectivity index (χ0) is 16.5. The highest BCUT2D eigenvalue weighted by Gasteiger charge is 2.17. The topological polar surface area (TPSA) is 56.8 Å². The highest BCUT2D eigenvalue weighted by atomic mass is 79.9. The molecule has 0 bridgehead atoms. The third kappa shape index (κ3) is 3.06. The van der Waals surface area contributed by atoms with Crippen LogP contribution in [0.1, 0.15) is 11.1 Å². The molecule has 1 N–H and O–H groups in total. The van der Waals surface area contributed by atoms with Crippen LogP contribution in [0.5, 0.6) is 17.2 Å². The Morgan fingerprint density at radius 2 is 1.75 bits per heavy atom. The van der Waals surface area contributed by atoms with Gasteiger partial charge in [-0.05, 0) is 33.1 Å². The summed E-state index contributed by atoms with van der Waals surface area (Å²) in [6.07, 6.45) is 1.21. The van der Waals surface area contributed by atoms with Crippen molar-refractivity contribution in [3.05, 3.63) is 45.9 Å². The van der Waals surface area contributed by atoms with Crippen molar-refractivity contribution < 1.29 is 19.0 Å². The van der Waals surface area contributed by atoms with E-state index in [1.165, 1.54) is 5.56 Å². The zero-order valence-electron chi connectivity index (χ0n) is 12.9. The number of carbonyl (C=O) groups excluding carboxylic acids is 1. The van der Waals surface area contributed by atoms with Gasteiger partial charge in [0.05, 0.1) is 18.7 Å². The highest BCUT2D eigenvalue weighted by Crippen LogP contribution is 2.38. The van der Waals surface area contributed by atoms with Crippen LogP contribution < -0.4 is 19.5 Å². The smallest absolute Gasteiger partial charge is 0.228 e. The number of amides is 1. The van der Waals surface area contributed by atoms with Gasteiger partial charge in [0.1, 0.15) is 19.0 Å². The maximum Gasteiger partial charge on any atom is 0.228 e. The van der Waals surface area contributed by atoms with E-state index >= 15 is 0 Å². The molecule has 4 rings (SSSR count). The van der Waals surface area contributed by atoms with Crippen molar-refractivity contribution in [3.63, 3.8) is 0 Å². The molecule has 2 aliphatic heterocycles. The minimum Gasteiger partial charge on any atom is -0.493 e. The van der Waals surface area contributed by atoms with Gasteiger partial charge < -0.3 is 19.5 Å². The first-order valence-corrected chi connectivity index (χ1v) is 8.62. The van der Waals surface area contributed by atoms with Gasteiger partial charge in [-0.25, -0.2) is 0 Å². The Hall–Kier alpha value is -2.21. The zero-order valence-corrected chi connectivity index (χ0v) is 14.5. The maximum absolute atomic E-state index is 12.4. The van der Waals surface area contributed by atoms with E-state index in [9.17, 15) is 4.79 Å². The van der Waals surface area contributed by atoms with E-state index in [-0.39, 0.29) is 5.91 Å². The molecule has 6 heteroatoms. The summed E-state index contributed by atoms with van der Waals surface area (Å²) < 4.78 is 17.3. The van der Waals surface area contributed by atoms with Crippen molar-refractivity contribution in [2.45, 2.75) is 12.8 Å². The quantitative estimate of drug-likeness (QED) is 0.874. The Morgan fingerprint density at radius 1 is 1.00 bits per heavy atom. The van der Waals surface area contributed by atoms with Gasteiger partial charge in [0.2, 0.25) is 5.91 Å². The Morgan fingerprint density at radius 3 is 2.58 bits per heavy atom. The van der Waals surface area contributed by atoms with Gasteiger partial charge >= 0.3 is 0 Å². The molecular weight excluding hydrogens is 374 g/mol. The second kappa shape index (κ2) is 6.36. The van der Waals surface area contributed by atoms with Gasteiger partial charge in [0.25, 0.3) is 0 Å². The minimum atomic E-state index is -0.0776. The predicted molar refractivity (Wildman–Crippen MR) is 93.1 cm³/mol. The summed E-state index contributed by atoms with van der Waals surface area (Å²) in [5, 5.41) is 2.92. The molecule has 0 aliphatic carbocycles. The number of hydrogen-bond acceptors (Lipinski definition) is 4. The molecule has 0 spiro atoms. The molecule has 2 heterocycles. The van der Waals surface area contributed by atoms with Crippen molar-refractivity contribution in [3.8, 4) is 17.2 Å². The van der Waals surface area contributed by atoms with Crippen molar-refractivity contribution in [1.29, 1.82) is 0 Å². The van der Waals surface area contributed by atoms with E-state index in [0.717, 1.165) is 28.8 Å². The first kappa shape index (κ1) is 15.3. The molecule has 0 unspecified atom stereocenters. The van der Waals surface area contributed by atoms with Crippen molar-refractivity contribution >= 4 is 27.5 Å². The van der Waals surface area contributed by atoms with Gasteiger partial charge in [-0.3, -0.25) is 4.79 Å². The Kier molecular flexibility index (Phi) is 4.06. The molecule has 0 saturated carbocycles. The van der Waals surface area contributed by atoms with E-state index < -0.39 is 0 Å². The Bertz CT molecular complexity index is 806. The molecule has 124 valence electrons. The van der Waals surface area contributed by atoms with Crippen LogP contribution in [-0.2, 0) is 17.6 Å². The third-order valence-corrected chi connectivity index (χ3v) is 4.68. The van der Waals surface area contributed by atoms with Crippen LogP contribution in [0.4, 0.5) is 5.69 Å². The van der Waals surface area contributed by atoms with Crippen LogP contribution in [0, 0.1) is 0 Å². The number of halogens is 1. The molecular formula is C18H16BrNO4. The Labute approximate surface area is 148 Å². The molecule has 2 aliphatic rings. The number of anilines is 1. The van der Waals surface area contributed by atoms with Crippen molar-refractivity contribution in [2.75, 3.05) is 25.1 Å². The summed E-state index contributed by atoms with van der Waals surface area (Å²) in [6, 6.07) is 9.51. The monoisotopic (exact) mass is 389 g/mol. The van der Waals surface area contributed by atoms with E-state index in [1.807, 2.05) is 24.3 Å². The van der Waals surface area contributed by atoms with Crippen LogP contribution in [0.15, 0.2) is 34.8 Å². The van der Waals surface area contributed by atoms with Crippen LogP contribution >= 0.6 is 15.9 Å². The fourth-order valence-corrected chi connectivity index (χ4v) is 3.31. The van der Waals surface area contributed by atoms with Gasteiger partial charge in [-0.15, -0.1) is 0 Å². The summed E-state index contributed by atoms with van der Waals surface area (Å²) in [4.78, 5) is 12.4. The second-order valence-corrected chi connectivity index (χ2v) is 6.60. The van der Waals surface area contributed by atoms with Gasteiger partial charge in [0.15, 0.2) is 11.5 Å². The lowest BCUT2D eigenvalue weighted by molar-refractivity contribution is -0.115.